The van der Waals surface area contributed by atoms with Crippen LogP contribution in [-0.2, 0) is 6.42 Å². The Hall–Kier alpha value is -4.07. The molecule has 8 heteroatoms. The Labute approximate surface area is 204 Å². The molecular weight excluding hydrogens is 442 g/mol. The van der Waals surface area contributed by atoms with Crippen LogP contribution in [0.4, 0.5) is 5.69 Å². The van der Waals surface area contributed by atoms with Crippen molar-refractivity contribution in [3.05, 3.63) is 66.1 Å². The number of phenols is 1. The molecule has 8 nitrogen and oxygen atoms in total. The minimum Gasteiger partial charge on any atom is -0.508 e. The number of aryl methyl sites for hydroxylation is 1. The molecule has 1 aliphatic carbocycles. The third kappa shape index (κ3) is 4.64. The number of ether oxygens (including phenoxy) is 2. The molecule has 180 valence electrons. The van der Waals surface area contributed by atoms with Crippen molar-refractivity contribution in [2.24, 2.45) is 10.7 Å². The Balaban J connectivity index is 1.60. The van der Waals surface area contributed by atoms with Crippen molar-refractivity contribution < 1.29 is 14.6 Å². The second-order valence-electron chi connectivity index (χ2n) is 8.72. The molecular formula is C27H29N5O3. The van der Waals surface area contributed by atoms with Gasteiger partial charge >= 0.3 is 0 Å². The van der Waals surface area contributed by atoms with Crippen LogP contribution in [0.1, 0.15) is 43.7 Å². The van der Waals surface area contributed by atoms with Gasteiger partial charge in [0.2, 0.25) is 5.88 Å². The molecule has 3 aromatic heterocycles. The SMILES string of the molecule is CCc1cc(O)ccc1N=C(N)c1cnn2cc(-c3ccc(OC)nc3)cc2c1OC1CCCC1. The van der Waals surface area contributed by atoms with Crippen molar-refractivity contribution in [3.8, 4) is 28.5 Å². The van der Waals surface area contributed by atoms with Gasteiger partial charge in [0.1, 0.15) is 17.1 Å². The van der Waals surface area contributed by atoms with Gasteiger partial charge in [-0.25, -0.2) is 14.5 Å². The minimum atomic E-state index is 0.133. The summed E-state index contributed by atoms with van der Waals surface area (Å²) < 4.78 is 13.5. The number of methoxy groups -OCH3 is 1. The van der Waals surface area contributed by atoms with E-state index in [-0.39, 0.29) is 11.9 Å². The van der Waals surface area contributed by atoms with Crippen LogP contribution in [0.2, 0.25) is 0 Å². The summed E-state index contributed by atoms with van der Waals surface area (Å²) in [6, 6.07) is 10.9. The smallest absolute Gasteiger partial charge is 0.212 e. The quantitative estimate of drug-likeness (QED) is 0.289. The largest absolute Gasteiger partial charge is 0.508 e. The van der Waals surface area contributed by atoms with Crippen LogP contribution in [0.3, 0.4) is 0 Å². The Morgan fingerprint density at radius 1 is 1.14 bits per heavy atom. The average Bonchev–Trinajstić information content (AvgIpc) is 3.55. The van der Waals surface area contributed by atoms with Crippen LogP contribution in [-0.4, -0.2) is 38.8 Å². The Morgan fingerprint density at radius 3 is 2.69 bits per heavy atom. The number of aromatic hydroxyl groups is 1. The van der Waals surface area contributed by atoms with Gasteiger partial charge in [-0.2, -0.15) is 5.10 Å². The van der Waals surface area contributed by atoms with Gasteiger partial charge in [-0.1, -0.05) is 6.92 Å². The van der Waals surface area contributed by atoms with Crippen LogP contribution in [0, 0.1) is 0 Å². The van der Waals surface area contributed by atoms with E-state index in [1.54, 1.807) is 42.2 Å². The maximum absolute atomic E-state index is 9.84. The number of hydrogen-bond donors (Lipinski definition) is 2. The molecule has 4 aromatic rings. The summed E-state index contributed by atoms with van der Waals surface area (Å²) in [4.78, 5) is 9.02. The predicted molar refractivity (Wildman–Crippen MR) is 136 cm³/mol. The van der Waals surface area contributed by atoms with Gasteiger partial charge in [-0.05, 0) is 68.0 Å². The van der Waals surface area contributed by atoms with Crippen molar-refractivity contribution in [3.63, 3.8) is 0 Å². The lowest BCUT2D eigenvalue weighted by atomic mass is 10.1. The lowest BCUT2D eigenvalue weighted by Crippen LogP contribution is -2.19. The third-order valence-electron chi connectivity index (χ3n) is 6.42. The first-order valence-electron chi connectivity index (χ1n) is 11.9. The third-order valence-corrected chi connectivity index (χ3v) is 6.42. The molecule has 0 spiro atoms. The lowest BCUT2D eigenvalue weighted by Gasteiger charge is -2.17. The normalized spacial score (nSPS) is 14.5. The fraction of sp³-hybridized carbons (Fsp3) is 0.296. The molecule has 3 heterocycles. The van der Waals surface area contributed by atoms with E-state index in [4.69, 9.17) is 20.2 Å². The Morgan fingerprint density at radius 2 is 1.97 bits per heavy atom. The number of benzene rings is 1. The van der Waals surface area contributed by atoms with Crippen molar-refractivity contribution in [2.75, 3.05) is 7.11 Å². The monoisotopic (exact) mass is 471 g/mol. The molecule has 0 amide bonds. The van der Waals surface area contributed by atoms with Crippen molar-refractivity contribution in [1.82, 2.24) is 14.6 Å². The highest BCUT2D eigenvalue weighted by molar-refractivity contribution is 6.03. The summed E-state index contributed by atoms with van der Waals surface area (Å²) in [5.74, 6) is 1.77. The van der Waals surface area contributed by atoms with Gasteiger partial charge in [-0.15, -0.1) is 0 Å². The van der Waals surface area contributed by atoms with E-state index in [2.05, 4.69) is 10.1 Å². The number of phenolic OH excluding ortho intramolecular Hbond substituents is 1. The molecule has 5 rings (SSSR count). The molecule has 35 heavy (non-hydrogen) atoms. The number of rotatable bonds is 7. The van der Waals surface area contributed by atoms with E-state index in [1.165, 1.54) is 0 Å². The Bertz CT molecular complexity index is 1370. The number of amidine groups is 1. The first-order chi connectivity index (χ1) is 17.1. The molecule has 0 atom stereocenters. The van der Waals surface area contributed by atoms with E-state index >= 15 is 0 Å². The maximum atomic E-state index is 9.84. The fourth-order valence-corrected chi connectivity index (χ4v) is 4.50. The molecule has 0 bridgehead atoms. The summed E-state index contributed by atoms with van der Waals surface area (Å²) in [6.45, 7) is 2.02. The highest BCUT2D eigenvalue weighted by Crippen LogP contribution is 2.34. The molecule has 1 aromatic carbocycles. The average molecular weight is 472 g/mol. The topological polar surface area (TPSA) is 107 Å². The fourth-order valence-electron chi connectivity index (χ4n) is 4.50. The number of pyridine rings is 1. The van der Waals surface area contributed by atoms with E-state index in [1.807, 2.05) is 31.3 Å². The van der Waals surface area contributed by atoms with E-state index in [9.17, 15) is 5.11 Å². The van der Waals surface area contributed by atoms with Crippen LogP contribution < -0.4 is 15.2 Å². The van der Waals surface area contributed by atoms with E-state index in [0.29, 0.717) is 23.0 Å². The summed E-state index contributed by atoms with van der Waals surface area (Å²) in [7, 11) is 1.60. The number of nitrogens with two attached hydrogens (primary N) is 1. The summed E-state index contributed by atoms with van der Waals surface area (Å²) >= 11 is 0. The zero-order valence-electron chi connectivity index (χ0n) is 19.9. The Kier molecular flexibility index (Phi) is 6.27. The van der Waals surface area contributed by atoms with Crippen LogP contribution in [0.5, 0.6) is 17.4 Å². The zero-order chi connectivity index (χ0) is 24.4. The first-order valence-corrected chi connectivity index (χ1v) is 11.9. The highest BCUT2D eigenvalue weighted by Gasteiger charge is 2.22. The summed E-state index contributed by atoms with van der Waals surface area (Å²) in [5, 5.41) is 14.4. The van der Waals surface area contributed by atoms with Gasteiger partial charge in [0.05, 0.1) is 30.7 Å². The summed E-state index contributed by atoms with van der Waals surface area (Å²) in [6.07, 6.45) is 10.6. The number of nitrogens with zero attached hydrogens (tertiary/aromatic N) is 4. The van der Waals surface area contributed by atoms with Crippen LogP contribution in [0.25, 0.3) is 16.6 Å². The number of aliphatic imine (C=N–C) groups is 1. The molecule has 1 fully saturated rings. The van der Waals surface area contributed by atoms with E-state index < -0.39 is 0 Å². The van der Waals surface area contributed by atoms with Crippen molar-refractivity contribution in [2.45, 2.75) is 45.1 Å². The zero-order valence-corrected chi connectivity index (χ0v) is 19.9. The molecule has 0 unspecified atom stereocenters. The van der Waals surface area contributed by atoms with Crippen LogP contribution in [0.15, 0.2) is 60.0 Å². The summed E-state index contributed by atoms with van der Waals surface area (Å²) in [5.41, 5.74) is 11.5. The molecule has 0 aliphatic heterocycles. The lowest BCUT2D eigenvalue weighted by molar-refractivity contribution is 0.211. The highest BCUT2D eigenvalue weighted by atomic mass is 16.5. The number of aromatic nitrogens is 3. The van der Waals surface area contributed by atoms with Gasteiger partial charge in [0, 0.05) is 29.6 Å². The minimum absolute atomic E-state index is 0.133. The van der Waals surface area contributed by atoms with Gasteiger partial charge in [0.25, 0.3) is 0 Å². The molecule has 0 radical (unpaired) electrons. The second kappa shape index (κ2) is 9.66. The molecule has 1 saturated carbocycles. The predicted octanol–water partition coefficient (Wildman–Crippen LogP) is 5.03. The number of fused-ring (bicyclic) bond motifs is 1. The van der Waals surface area contributed by atoms with Crippen LogP contribution >= 0.6 is 0 Å². The van der Waals surface area contributed by atoms with Gasteiger partial charge in [-0.3, -0.25) is 0 Å². The molecule has 3 N–H and O–H groups in total. The standard InChI is InChI=1S/C27H29N5O3/c1-3-17-12-20(33)9-10-23(17)31-27(28)22-15-30-32-16-19(18-8-11-25(34-2)29-14-18)13-24(32)26(22)35-21-6-4-5-7-21/h8-16,21,33H,3-7H2,1-2H3,(H2,28,31). The maximum Gasteiger partial charge on any atom is 0.212 e. The van der Waals surface area contributed by atoms with Gasteiger partial charge < -0.3 is 20.3 Å². The molecule has 1 aliphatic rings. The number of hydrogen-bond acceptors (Lipinski definition) is 6. The van der Waals surface area contributed by atoms with Crippen molar-refractivity contribution >= 4 is 17.0 Å². The van der Waals surface area contributed by atoms with Crippen molar-refractivity contribution in [1.29, 1.82) is 0 Å². The first kappa shape index (κ1) is 22.7. The van der Waals surface area contributed by atoms with Gasteiger partial charge in [0.15, 0.2) is 5.75 Å². The molecule has 0 saturated heterocycles. The van der Waals surface area contributed by atoms with E-state index in [0.717, 1.165) is 60.0 Å². The second-order valence-corrected chi connectivity index (χ2v) is 8.72.